The average Bonchev–Trinajstić information content (AvgIpc) is 2.85. The maximum atomic E-state index is 12.1. The molecule has 1 fully saturated rings. The highest BCUT2D eigenvalue weighted by molar-refractivity contribution is 5.90. The molecule has 1 saturated heterocycles. The van der Waals surface area contributed by atoms with Gasteiger partial charge in [-0.25, -0.2) is 0 Å². The predicted octanol–water partition coefficient (Wildman–Crippen LogP) is 1.63. The number of carbonyl (C=O) groups is 1. The summed E-state index contributed by atoms with van der Waals surface area (Å²) in [5.41, 5.74) is 0.768. The summed E-state index contributed by atoms with van der Waals surface area (Å²) in [5, 5.41) is 9.96. The van der Waals surface area contributed by atoms with Crippen LogP contribution >= 0.6 is 0 Å². The fraction of sp³-hybridized carbons (Fsp3) is 0.733. The smallest absolute Gasteiger partial charge is 0.240 e. The molecule has 1 aromatic heterocycles. The van der Waals surface area contributed by atoms with Gasteiger partial charge in [0.2, 0.25) is 11.8 Å². The van der Waals surface area contributed by atoms with Gasteiger partial charge < -0.3 is 9.84 Å². The number of carbonyl (C=O) groups excluding carboxylic acids is 1. The molecule has 0 saturated carbocycles. The highest BCUT2D eigenvalue weighted by atomic mass is 16.5. The SMILES string of the molecule is CCCN(CC(=O)Nc1cc(C)no1)CC1CCCNC1. The predicted molar refractivity (Wildman–Crippen MR) is 82.2 cm³/mol. The molecule has 2 N–H and O–H groups in total. The molecule has 0 spiro atoms. The fourth-order valence-electron chi connectivity index (χ4n) is 2.80. The Balaban J connectivity index is 1.81. The Morgan fingerprint density at radius 1 is 1.62 bits per heavy atom. The van der Waals surface area contributed by atoms with E-state index in [9.17, 15) is 4.79 Å². The van der Waals surface area contributed by atoms with Gasteiger partial charge >= 0.3 is 0 Å². The maximum Gasteiger partial charge on any atom is 0.240 e. The molecule has 0 bridgehead atoms. The second kappa shape index (κ2) is 8.14. The van der Waals surface area contributed by atoms with E-state index in [4.69, 9.17) is 4.52 Å². The first-order valence-electron chi connectivity index (χ1n) is 7.83. The van der Waals surface area contributed by atoms with Crippen LogP contribution in [0.2, 0.25) is 0 Å². The van der Waals surface area contributed by atoms with Crippen molar-refractivity contribution in [1.82, 2.24) is 15.4 Å². The molecule has 1 aliphatic heterocycles. The summed E-state index contributed by atoms with van der Waals surface area (Å²) in [6, 6.07) is 1.73. The Kier molecular flexibility index (Phi) is 6.20. The molecule has 0 aliphatic carbocycles. The van der Waals surface area contributed by atoms with Crippen molar-refractivity contribution in [2.24, 2.45) is 5.92 Å². The van der Waals surface area contributed by atoms with Crippen LogP contribution in [0, 0.1) is 12.8 Å². The van der Waals surface area contributed by atoms with Crippen LogP contribution < -0.4 is 10.6 Å². The van der Waals surface area contributed by atoms with E-state index in [0.29, 0.717) is 18.3 Å². The second-order valence-electron chi connectivity index (χ2n) is 5.83. The second-order valence-corrected chi connectivity index (χ2v) is 5.83. The minimum absolute atomic E-state index is 0.0385. The number of aromatic nitrogens is 1. The summed E-state index contributed by atoms with van der Waals surface area (Å²) >= 11 is 0. The van der Waals surface area contributed by atoms with Crippen molar-refractivity contribution in [3.8, 4) is 0 Å². The summed E-state index contributed by atoms with van der Waals surface area (Å²) in [6.45, 7) is 8.48. The first-order valence-corrected chi connectivity index (χ1v) is 7.83. The molecule has 1 amide bonds. The number of nitrogens with one attached hydrogen (secondary N) is 2. The van der Waals surface area contributed by atoms with Crippen LogP contribution in [0.4, 0.5) is 5.88 Å². The Morgan fingerprint density at radius 2 is 2.48 bits per heavy atom. The van der Waals surface area contributed by atoms with Gasteiger partial charge in [0.15, 0.2) is 0 Å². The van der Waals surface area contributed by atoms with Crippen molar-refractivity contribution < 1.29 is 9.32 Å². The molecule has 21 heavy (non-hydrogen) atoms. The van der Waals surface area contributed by atoms with Crippen LogP contribution in [-0.2, 0) is 4.79 Å². The molecule has 1 atom stereocenters. The highest BCUT2D eigenvalue weighted by Crippen LogP contribution is 2.13. The van der Waals surface area contributed by atoms with Gasteiger partial charge in [-0.15, -0.1) is 0 Å². The minimum Gasteiger partial charge on any atom is -0.338 e. The first-order chi connectivity index (χ1) is 10.2. The third kappa shape index (κ3) is 5.47. The van der Waals surface area contributed by atoms with Crippen LogP contribution in [0.25, 0.3) is 0 Å². The normalized spacial score (nSPS) is 18.9. The van der Waals surface area contributed by atoms with Crippen LogP contribution in [0.3, 0.4) is 0 Å². The molecule has 2 heterocycles. The van der Waals surface area contributed by atoms with Crippen molar-refractivity contribution in [1.29, 1.82) is 0 Å². The van der Waals surface area contributed by atoms with Crippen LogP contribution in [0.1, 0.15) is 31.9 Å². The van der Waals surface area contributed by atoms with Gasteiger partial charge in [0.25, 0.3) is 0 Å². The molecule has 1 unspecified atom stereocenters. The summed E-state index contributed by atoms with van der Waals surface area (Å²) in [6.07, 6.45) is 3.53. The van der Waals surface area contributed by atoms with E-state index in [0.717, 1.165) is 38.3 Å². The fourth-order valence-corrected chi connectivity index (χ4v) is 2.80. The minimum atomic E-state index is -0.0385. The van der Waals surface area contributed by atoms with Gasteiger partial charge in [-0.05, 0) is 51.7 Å². The number of piperidine rings is 1. The Labute approximate surface area is 126 Å². The number of aryl methyl sites for hydroxylation is 1. The van der Waals surface area contributed by atoms with Crippen LogP contribution in [0.15, 0.2) is 10.6 Å². The number of hydrogen-bond donors (Lipinski definition) is 2. The standard InChI is InChI=1S/C15H26N4O2/c1-3-7-19(10-13-5-4-6-16-9-13)11-14(20)17-15-8-12(2)18-21-15/h8,13,16H,3-7,9-11H2,1-2H3,(H,17,20). The largest absolute Gasteiger partial charge is 0.338 e. The van der Waals surface area contributed by atoms with E-state index in [1.54, 1.807) is 6.07 Å². The van der Waals surface area contributed by atoms with Gasteiger partial charge in [-0.3, -0.25) is 15.0 Å². The molecule has 0 aromatic carbocycles. The Bertz CT molecular complexity index is 441. The van der Waals surface area contributed by atoms with E-state index >= 15 is 0 Å². The quantitative estimate of drug-likeness (QED) is 0.800. The lowest BCUT2D eigenvalue weighted by atomic mass is 9.99. The first kappa shape index (κ1) is 16.0. The topological polar surface area (TPSA) is 70.4 Å². The van der Waals surface area contributed by atoms with Crippen LogP contribution in [0.5, 0.6) is 0 Å². The molecule has 2 rings (SSSR count). The highest BCUT2D eigenvalue weighted by Gasteiger charge is 2.19. The number of anilines is 1. The van der Waals surface area contributed by atoms with Crippen molar-refractivity contribution in [2.45, 2.75) is 33.1 Å². The van der Waals surface area contributed by atoms with Gasteiger partial charge in [0.05, 0.1) is 12.2 Å². The lowest BCUT2D eigenvalue weighted by Crippen LogP contribution is -2.41. The molecule has 6 nitrogen and oxygen atoms in total. The number of rotatable bonds is 7. The van der Waals surface area contributed by atoms with Gasteiger partial charge in [0, 0.05) is 12.6 Å². The zero-order chi connectivity index (χ0) is 15.1. The lowest BCUT2D eigenvalue weighted by molar-refractivity contribution is -0.117. The van der Waals surface area contributed by atoms with Crippen molar-refractivity contribution in [3.05, 3.63) is 11.8 Å². The monoisotopic (exact) mass is 294 g/mol. The van der Waals surface area contributed by atoms with Crippen LogP contribution in [-0.4, -0.2) is 48.7 Å². The summed E-state index contributed by atoms with van der Waals surface area (Å²) in [4.78, 5) is 14.3. The van der Waals surface area contributed by atoms with E-state index < -0.39 is 0 Å². The van der Waals surface area contributed by atoms with Gasteiger partial charge in [0.1, 0.15) is 0 Å². The molecule has 0 radical (unpaired) electrons. The summed E-state index contributed by atoms with van der Waals surface area (Å²) in [7, 11) is 0. The average molecular weight is 294 g/mol. The van der Waals surface area contributed by atoms with E-state index in [-0.39, 0.29) is 5.91 Å². The van der Waals surface area contributed by atoms with Crippen molar-refractivity contribution in [2.75, 3.05) is 38.0 Å². The Morgan fingerprint density at radius 3 is 3.10 bits per heavy atom. The summed E-state index contributed by atoms with van der Waals surface area (Å²) < 4.78 is 5.02. The third-order valence-electron chi connectivity index (χ3n) is 3.71. The van der Waals surface area contributed by atoms with E-state index in [2.05, 4.69) is 27.6 Å². The molecular formula is C15H26N4O2. The zero-order valence-corrected chi connectivity index (χ0v) is 13.0. The molecular weight excluding hydrogens is 268 g/mol. The van der Waals surface area contributed by atoms with Gasteiger partial charge in [-0.2, -0.15) is 0 Å². The number of hydrogen-bond acceptors (Lipinski definition) is 5. The zero-order valence-electron chi connectivity index (χ0n) is 13.0. The van der Waals surface area contributed by atoms with Gasteiger partial charge in [-0.1, -0.05) is 12.1 Å². The number of nitrogens with zero attached hydrogens (tertiary/aromatic N) is 2. The lowest BCUT2D eigenvalue weighted by Gasteiger charge is -2.29. The van der Waals surface area contributed by atoms with Crippen molar-refractivity contribution >= 4 is 11.8 Å². The summed E-state index contributed by atoms with van der Waals surface area (Å²) in [5.74, 6) is 1.03. The molecule has 1 aliphatic rings. The molecule has 6 heteroatoms. The van der Waals surface area contributed by atoms with Crippen molar-refractivity contribution in [3.63, 3.8) is 0 Å². The van der Waals surface area contributed by atoms with E-state index in [1.165, 1.54) is 12.8 Å². The molecule has 118 valence electrons. The maximum absolute atomic E-state index is 12.1. The third-order valence-corrected chi connectivity index (χ3v) is 3.71. The Hall–Kier alpha value is -1.40. The molecule has 1 aromatic rings. The van der Waals surface area contributed by atoms with E-state index in [1.807, 2.05) is 6.92 Å². The number of amides is 1.